The quantitative estimate of drug-likeness (QED) is 0.942. The number of nitrogens with zero attached hydrogens (tertiary/aromatic N) is 2. The van der Waals surface area contributed by atoms with Gasteiger partial charge in [0.25, 0.3) is 5.89 Å². The van der Waals surface area contributed by atoms with Crippen LogP contribution in [0.25, 0.3) is 10.8 Å². The molecule has 4 nitrogen and oxygen atoms in total. The van der Waals surface area contributed by atoms with Gasteiger partial charge in [0, 0.05) is 10.0 Å². The summed E-state index contributed by atoms with van der Waals surface area (Å²) in [6.07, 6.45) is 0. The van der Waals surface area contributed by atoms with E-state index in [-0.39, 0.29) is 5.54 Å². The molecule has 2 aromatic heterocycles. The number of rotatable bonds is 3. The first-order valence-electron chi connectivity index (χ1n) is 5.26. The van der Waals surface area contributed by atoms with Crippen LogP contribution in [0.2, 0.25) is 0 Å². The van der Waals surface area contributed by atoms with Crippen LogP contribution < -0.4 is 5.32 Å². The summed E-state index contributed by atoms with van der Waals surface area (Å²) in [5.74, 6) is 1.17. The van der Waals surface area contributed by atoms with Gasteiger partial charge >= 0.3 is 0 Å². The van der Waals surface area contributed by atoms with Crippen LogP contribution in [-0.4, -0.2) is 15.7 Å². The van der Waals surface area contributed by atoms with Crippen LogP contribution in [0.3, 0.4) is 0 Å². The number of aromatic nitrogens is 2. The summed E-state index contributed by atoms with van der Waals surface area (Å²) in [4.78, 5) is 0.972. The molecule has 17 heavy (non-hydrogen) atoms. The Labute approximate surface area is 113 Å². The summed E-state index contributed by atoms with van der Waals surface area (Å²) >= 11 is 5.03. The van der Waals surface area contributed by atoms with Crippen LogP contribution in [0, 0.1) is 0 Å². The van der Waals surface area contributed by atoms with E-state index in [1.807, 2.05) is 11.4 Å². The van der Waals surface area contributed by atoms with Gasteiger partial charge in [-0.2, -0.15) is 0 Å². The molecule has 2 rings (SSSR count). The van der Waals surface area contributed by atoms with Crippen molar-refractivity contribution in [3.8, 4) is 10.8 Å². The lowest BCUT2D eigenvalue weighted by Gasteiger charge is -2.18. The number of hydrogen-bond acceptors (Lipinski definition) is 5. The molecule has 0 spiro atoms. The monoisotopic (exact) mass is 315 g/mol. The minimum atomic E-state index is 0.0398. The van der Waals surface area contributed by atoms with Crippen molar-refractivity contribution < 1.29 is 4.42 Å². The second-order valence-electron chi connectivity index (χ2n) is 4.70. The zero-order valence-electron chi connectivity index (χ0n) is 9.95. The summed E-state index contributed by atoms with van der Waals surface area (Å²) in [6, 6.07) is 1.97. The third-order valence-corrected chi connectivity index (χ3v) is 3.87. The van der Waals surface area contributed by atoms with Gasteiger partial charge in [-0.3, -0.25) is 0 Å². The maximum absolute atomic E-state index is 5.60. The minimum Gasteiger partial charge on any atom is -0.418 e. The molecule has 0 aromatic carbocycles. The molecule has 6 heteroatoms. The third kappa shape index (κ3) is 3.37. The van der Waals surface area contributed by atoms with Gasteiger partial charge in [0.05, 0.1) is 6.54 Å². The van der Waals surface area contributed by atoms with Crippen LogP contribution in [0.5, 0.6) is 0 Å². The molecule has 0 amide bonds. The molecule has 1 N–H and O–H groups in total. The Kier molecular flexibility index (Phi) is 3.65. The fraction of sp³-hybridized carbons (Fsp3) is 0.455. The smallest absolute Gasteiger partial charge is 0.258 e. The normalized spacial score (nSPS) is 12.0. The lowest BCUT2D eigenvalue weighted by atomic mass is 10.1. The third-order valence-electron chi connectivity index (χ3n) is 2.05. The SMILES string of the molecule is CC(C)(C)NCc1nnc(-c2sccc2Br)o1. The van der Waals surface area contributed by atoms with Crippen molar-refractivity contribution in [1.82, 2.24) is 15.5 Å². The standard InChI is InChI=1S/C11H14BrN3OS/c1-11(2,3)13-6-8-14-15-10(16-8)9-7(12)4-5-17-9/h4-5,13H,6H2,1-3H3. The molecule has 0 fully saturated rings. The van der Waals surface area contributed by atoms with Crippen molar-refractivity contribution in [3.63, 3.8) is 0 Å². The fourth-order valence-corrected chi connectivity index (χ4v) is 2.67. The maximum Gasteiger partial charge on any atom is 0.258 e. The van der Waals surface area contributed by atoms with Gasteiger partial charge in [0.15, 0.2) is 0 Å². The molecule has 0 aliphatic carbocycles. The summed E-state index contributed by atoms with van der Waals surface area (Å²) < 4.78 is 6.59. The van der Waals surface area contributed by atoms with Crippen LogP contribution in [0.4, 0.5) is 0 Å². The number of halogens is 1. The number of nitrogens with one attached hydrogen (secondary N) is 1. The first-order chi connectivity index (χ1) is 7.96. The first kappa shape index (κ1) is 12.7. The van der Waals surface area contributed by atoms with E-state index in [9.17, 15) is 0 Å². The van der Waals surface area contributed by atoms with E-state index in [0.29, 0.717) is 18.3 Å². The van der Waals surface area contributed by atoms with Gasteiger partial charge in [-0.05, 0) is 48.1 Å². The first-order valence-corrected chi connectivity index (χ1v) is 6.94. The summed E-state index contributed by atoms with van der Waals surface area (Å²) in [7, 11) is 0. The number of thiophene rings is 1. The molecule has 2 aromatic rings. The molecule has 0 unspecified atom stereocenters. The van der Waals surface area contributed by atoms with Crippen LogP contribution in [0.1, 0.15) is 26.7 Å². The highest BCUT2D eigenvalue weighted by molar-refractivity contribution is 9.10. The van der Waals surface area contributed by atoms with Crippen LogP contribution >= 0.6 is 27.3 Å². The molecule has 0 atom stereocenters. The topological polar surface area (TPSA) is 51.0 Å². The summed E-state index contributed by atoms with van der Waals surface area (Å²) in [5, 5.41) is 13.4. The lowest BCUT2D eigenvalue weighted by Crippen LogP contribution is -2.35. The van der Waals surface area contributed by atoms with E-state index >= 15 is 0 Å². The molecule has 0 aliphatic heterocycles. The van der Waals surface area contributed by atoms with Gasteiger partial charge in [-0.15, -0.1) is 21.5 Å². The minimum absolute atomic E-state index is 0.0398. The molecule has 0 saturated heterocycles. The van der Waals surface area contributed by atoms with Crippen molar-refractivity contribution in [2.75, 3.05) is 0 Å². The molecular formula is C11H14BrN3OS. The van der Waals surface area contributed by atoms with Crippen molar-refractivity contribution >= 4 is 27.3 Å². The Bertz CT molecular complexity index is 501. The van der Waals surface area contributed by atoms with Crippen molar-refractivity contribution in [3.05, 3.63) is 21.8 Å². The van der Waals surface area contributed by atoms with Gasteiger partial charge in [-0.25, -0.2) is 0 Å². The highest BCUT2D eigenvalue weighted by Gasteiger charge is 2.15. The average molecular weight is 316 g/mol. The molecular weight excluding hydrogens is 302 g/mol. The largest absolute Gasteiger partial charge is 0.418 e. The second-order valence-corrected chi connectivity index (χ2v) is 6.47. The van der Waals surface area contributed by atoms with Crippen LogP contribution in [-0.2, 0) is 6.54 Å². The van der Waals surface area contributed by atoms with E-state index < -0.39 is 0 Å². The molecule has 92 valence electrons. The summed E-state index contributed by atoms with van der Waals surface area (Å²) in [5.41, 5.74) is 0.0398. The highest BCUT2D eigenvalue weighted by atomic mass is 79.9. The Morgan fingerprint density at radius 3 is 2.76 bits per heavy atom. The Hall–Kier alpha value is -0.720. The summed E-state index contributed by atoms with van der Waals surface area (Å²) in [6.45, 7) is 6.87. The second kappa shape index (κ2) is 4.88. The molecule has 0 saturated carbocycles. The number of hydrogen-bond donors (Lipinski definition) is 1. The van der Waals surface area contributed by atoms with Gasteiger partial charge in [0.1, 0.15) is 4.88 Å². The van der Waals surface area contributed by atoms with Crippen molar-refractivity contribution in [2.45, 2.75) is 32.9 Å². The van der Waals surface area contributed by atoms with Crippen LogP contribution in [0.15, 0.2) is 20.3 Å². The predicted molar refractivity (Wildman–Crippen MR) is 71.9 cm³/mol. The molecule has 2 heterocycles. The van der Waals surface area contributed by atoms with Crippen molar-refractivity contribution in [2.24, 2.45) is 0 Å². The Balaban J connectivity index is 2.09. The molecule has 0 radical (unpaired) electrons. The van der Waals surface area contributed by atoms with E-state index in [1.165, 1.54) is 0 Å². The fourth-order valence-electron chi connectivity index (χ4n) is 1.20. The zero-order chi connectivity index (χ0) is 12.5. The van der Waals surface area contributed by atoms with Crippen molar-refractivity contribution in [1.29, 1.82) is 0 Å². The Morgan fingerprint density at radius 1 is 1.41 bits per heavy atom. The van der Waals surface area contributed by atoms with E-state index in [0.717, 1.165) is 9.35 Å². The highest BCUT2D eigenvalue weighted by Crippen LogP contribution is 2.32. The van der Waals surface area contributed by atoms with E-state index in [4.69, 9.17) is 4.42 Å². The predicted octanol–water partition coefficient (Wildman–Crippen LogP) is 3.45. The van der Waals surface area contributed by atoms with Gasteiger partial charge in [-0.1, -0.05) is 0 Å². The maximum atomic E-state index is 5.60. The van der Waals surface area contributed by atoms with E-state index in [1.54, 1.807) is 11.3 Å². The Morgan fingerprint density at radius 2 is 2.18 bits per heavy atom. The lowest BCUT2D eigenvalue weighted by molar-refractivity contribution is 0.384. The van der Waals surface area contributed by atoms with Gasteiger partial charge in [0.2, 0.25) is 5.89 Å². The molecule has 0 bridgehead atoms. The van der Waals surface area contributed by atoms with E-state index in [2.05, 4.69) is 52.2 Å². The molecule has 0 aliphatic rings. The zero-order valence-corrected chi connectivity index (χ0v) is 12.4. The van der Waals surface area contributed by atoms with Gasteiger partial charge < -0.3 is 9.73 Å². The average Bonchev–Trinajstić information content (AvgIpc) is 2.81.